The van der Waals surface area contributed by atoms with Crippen LogP contribution in [0.3, 0.4) is 0 Å². The number of halogens is 2. The lowest BCUT2D eigenvalue weighted by molar-refractivity contribution is -0.121. The standard InChI is InChI=1S/C20H16Cl2N4OS/c21-14-6-5-13(15(22)9-14)7-8-23-19(27)10-26-18-4-2-1-3-16(18)25-20(26)17-11-28-12-24-17/h1-6,9,11-12H,7-8,10H2,(H,23,27). The number of para-hydroxylation sites is 2. The molecule has 0 bridgehead atoms. The molecule has 0 fully saturated rings. The molecular weight excluding hydrogens is 415 g/mol. The van der Waals surface area contributed by atoms with Gasteiger partial charge in [-0.2, -0.15) is 0 Å². The fourth-order valence-electron chi connectivity index (χ4n) is 3.01. The van der Waals surface area contributed by atoms with E-state index in [2.05, 4.69) is 15.3 Å². The van der Waals surface area contributed by atoms with E-state index in [9.17, 15) is 4.79 Å². The van der Waals surface area contributed by atoms with Crippen LogP contribution in [-0.2, 0) is 17.8 Å². The van der Waals surface area contributed by atoms with Crippen molar-refractivity contribution in [2.75, 3.05) is 6.54 Å². The Labute approximate surface area is 176 Å². The first-order valence-corrected chi connectivity index (χ1v) is 10.4. The molecule has 28 heavy (non-hydrogen) atoms. The van der Waals surface area contributed by atoms with Gasteiger partial charge in [0.2, 0.25) is 5.91 Å². The van der Waals surface area contributed by atoms with E-state index in [1.54, 1.807) is 17.6 Å². The molecule has 5 nitrogen and oxygen atoms in total. The zero-order valence-corrected chi connectivity index (χ0v) is 17.1. The van der Waals surface area contributed by atoms with Gasteiger partial charge in [0.05, 0.1) is 16.5 Å². The number of hydrogen-bond acceptors (Lipinski definition) is 4. The third-order valence-electron chi connectivity index (χ3n) is 4.35. The predicted molar refractivity (Wildman–Crippen MR) is 114 cm³/mol. The molecule has 0 unspecified atom stereocenters. The fourth-order valence-corrected chi connectivity index (χ4v) is 4.05. The third-order valence-corrected chi connectivity index (χ3v) is 5.52. The highest BCUT2D eigenvalue weighted by molar-refractivity contribution is 7.07. The summed E-state index contributed by atoms with van der Waals surface area (Å²) in [5, 5.41) is 6.08. The Kier molecular flexibility index (Phi) is 5.62. The van der Waals surface area contributed by atoms with Crippen LogP contribution in [0.2, 0.25) is 10.0 Å². The van der Waals surface area contributed by atoms with Gasteiger partial charge in [0.25, 0.3) is 0 Å². The van der Waals surface area contributed by atoms with Gasteiger partial charge in [0, 0.05) is 22.0 Å². The number of rotatable bonds is 6. The number of nitrogens with zero attached hydrogens (tertiary/aromatic N) is 3. The molecule has 0 atom stereocenters. The number of imidazole rings is 1. The lowest BCUT2D eigenvalue weighted by Crippen LogP contribution is -2.29. The van der Waals surface area contributed by atoms with Crippen molar-refractivity contribution in [2.24, 2.45) is 0 Å². The number of nitrogens with one attached hydrogen (secondary N) is 1. The van der Waals surface area contributed by atoms with Gasteiger partial charge >= 0.3 is 0 Å². The molecule has 0 spiro atoms. The van der Waals surface area contributed by atoms with E-state index in [1.165, 1.54) is 11.3 Å². The molecule has 2 heterocycles. The third kappa shape index (κ3) is 4.04. The van der Waals surface area contributed by atoms with Crippen molar-refractivity contribution < 1.29 is 4.79 Å². The molecule has 2 aromatic carbocycles. The Morgan fingerprint density at radius 1 is 1.18 bits per heavy atom. The van der Waals surface area contributed by atoms with Crippen molar-refractivity contribution in [1.82, 2.24) is 19.9 Å². The number of amides is 1. The first-order valence-electron chi connectivity index (χ1n) is 8.66. The van der Waals surface area contributed by atoms with E-state index in [-0.39, 0.29) is 12.5 Å². The highest BCUT2D eigenvalue weighted by Gasteiger charge is 2.16. The van der Waals surface area contributed by atoms with Crippen LogP contribution in [0, 0.1) is 0 Å². The Hall–Kier alpha value is -2.41. The minimum atomic E-state index is -0.0929. The van der Waals surface area contributed by atoms with Crippen LogP contribution in [-0.4, -0.2) is 27.0 Å². The number of carbonyl (C=O) groups is 1. The Morgan fingerprint density at radius 3 is 2.82 bits per heavy atom. The molecule has 4 rings (SSSR count). The maximum Gasteiger partial charge on any atom is 0.240 e. The largest absolute Gasteiger partial charge is 0.354 e. The van der Waals surface area contributed by atoms with Gasteiger partial charge in [-0.3, -0.25) is 4.79 Å². The molecular formula is C20H16Cl2N4OS. The SMILES string of the molecule is O=C(Cn1c(-c2cscn2)nc2ccccc21)NCCc1ccc(Cl)cc1Cl. The second kappa shape index (κ2) is 8.31. The maximum atomic E-state index is 12.6. The monoisotopic (exact) mass is 430 g/mol. The molecule has 2 aromatic heterocycles. The second-order valence-corrected chi connectivity index (χ2v) is 7.78. The number of fused-ring (bicyclic) bond motifs is 1. The first-order chi connectivity index (χ1) is 13.6. The molecule has 8 heteroatoms. The number of benzene rings is 2. The van der Waals surface area contributed by atoms with Crippen molar-refractivity contribution in [3.8, 4) is 11.5 Å². The molecule has 1 amide bonds. The highest BCUT2D eigenvalue weighted by atomic mass is 35.5. The number of hydrogen-bond donors (Lipinski definition) is 1. The molecule has 0 saturated heterocycles. The van der Waals surface area contributed by atoms with Crippen LogP contribution in [0.5, 0.6) is 0 Å². The van der Waals surface area contributed by atoms with E-state index >= 15 is 0 Å². The molecule has 0 aliphatic rings. The predicted octanol–water partition coefficient (Wildman–Crippen LogP) is 4.83. The maximum absolute atomic E-state index is 12.6. The minimum Gasteiger partial charge on any atom is -0.354 e. The number of aromatic nitrogens is 3. The zero-order valence-electron chi connectivity index (χ0n) is 14.7. The lowest BCUT2D eigenvalue weighted by atomic mass is 10.1. The number of thiazole rings is 1. The summed E-state index contributed by atoms with van der Waals surface area (Å²) in [6, 6.07) is 13.1. The topological polar surface area (TPSA) is 59.8 Å². The van der Waals surface area contributed by atoms with Crippen molar-refractivity contribution >= 4 is 51.5 Å². The van der Waals surface area contributed by atoms with Crippen molar-refractivity contribution in [3.63, 3.8) is 0 Å². The van der Waals surface area contributed by atoms with Crippen LogP contribution in [0.1, 0.15) is 5.56 Å². The van der Waals surface area contributed by atoms with E-state index in [1.807, 2.05) is 40.3 Å². The molecule has 1 N–H and O–H groups in total. The van der Waals surface area contributed by atoms with Gasteiger partial charge in [0.1, 0.15) is 12.2 Å². The molecule has 0 aliphatic carbocycles. The van der Waals surface area contributed by atoms with Crippen LogP contribution < -0.4 is 5.32 Å². The minimum absolute atomic E-state index is 0.0929. The van der Waals surface area contributed by atoms with E-state index in [0.717, 1.165) is 22.3 Å². The Morgan fingerprint density at radius 2 is 2.04 bits per heavy atom. The van der Waals surface area contributed by atoms with Crippen LogP contribution in [0.4, 0.5) is 0 Å². The normalized spacial score (nSPS) is 11.1. The molecule has 0 radical (unpaired) electrons. The van der Waals surface area contributed by atoms with Crippen molar-refractivity contribution in [1.29, 1.82) is 0 Å². The highest BCUT2D eigenvalue weighted by Crippen LogP contribution is 2.24. The van der Waals surface area contributed by atoms with Crippen molar-refractivity contribution in [2.45, 2.75) is 13.0 Å². The summed E-state index contributed by atoms with van der Waals surface area (Å²) >= 11 is 13.6. The van der Waals surface area contributed by atoms with Gasteiger partial charge < -0.3 is 9.88 Å². The first kappa shape index (κ1) is 18.9. The summed E-state index contributed by atoms with van der Waals surface area (Å²) in [5.74, 6) is 0.600. The van der Waals surface area contributed by atoms with Crippen molar-refractivity contribution in [3.05, 3.63) is 69.0 Å². The van der Waals surface area contributed by atoms with Gasteiger partial charge in [-0.25, -0.2) is 9.97 Å². The summed E-state index contributed by atoms with van der Waals surface area (Å²) in [4.78, 5) is 21.6. The van der Waals surface area contributed by atoms with Crippen LogP contribution in [0.15, 0.2) is 53.4 Å². The van der Waals surface area contributed by atoms with Gasteiger partial charge in [0.15, 0.2) is 5.82 Å². The summed E-state index contributed by atoms with van der Waals surface area (Å²) in [6.45, 7) is 0.653. The zero-order chi connectivity index (χ0) is 19.5. The second-order valence-electron chi connectivity index (χ2n) is 6.22. The van der Waals surface area contributed by atoms with Gasteiger partial charge in [-0.15, -0.1) is 11.3 Å². The lowest BCUT2D eigenvalue weighted by Gasteiger charge is -2.10. The fraction of sp³-hybridized carbons (Fsp3) is 0.150. The summed E-state index contributed by atoms with van der Waals surface area (Å²) in [7, 11) is 0. The molecule has 142 valence electrons. The molecule has 0 aliphatic heterocycles. The van der Waals surface area contributed by atoms with Crippen LogP contribution >= 0.6 is 34.5 Å². The Bertz CT molecular complexity index is 1120. The average Bonchev–Trinajstić information content (AvgIpc) is 3.32. The number of carbonyl (C=O) groups excluding carboxylic acids is 1. The summed E-state index contributed by atoms with van der Waals surface area (Å²) in [5.41, 5.74) is 5.21. The van der Waals surface area contributed by atoms with Crippen LogP contribution in [0.25, 0.3) is 22.6 Å². The summed E-state index contributed by atoms with van der Waals surface area (Å²) in [6.07, 6.45) is 0.630. The molecule has 0 saturated carbocycles. The van der Waals surface area contributed by atoms with E-state index in [4.69, 9.17) is 23.2 Å². The average molecular weight is 431 g/mol. The van der Waals surface area contributed by atoms with Gasteiger partial charge in [-0.05, 0) is 36.2 Å². The van der Waals surface area contributed by atoms with Gasteiger partial charge in [-0.1, -0.05) is 41.4 Å². The Balaban J connectivity index is 1.48. The quantitative estimate of drug-likeness (QED) is 0.476. The smallest absolute Gasteiger partial charge is 0.240 e. The molecule has 4 aromatic rings. The van der Waals surface area contributed by atoms with E-state index in [0.29, 0.717) is 28.8 Å². The van der Waals surface area contributed by atoms with E-state index < -0.39 is 0 Å². The summed E-state index contributed by atoms with van der Waals surface area (Å²) < 4.78 is 1.90.